The quantitative estimate of drug-likeness (QED) is 0.811. The van der Waals surface area contributed by atoms with Gasteiger partial charge in [0.15, 0.2) is 11.5 Å². The molecule has 0 spiro atoms. The summed E-state index contributed by atoms with van der Waals surface area (Å²) < 4.78 is 44.2. The Morgan fingerprint density at radius 3 is 2.52 bits per heavy atom. The number of amides is 1. The van der Waals surface area contributed by atoms with Crippen LogP contribution in [0, 0.1) is 0 Å². The minimum absolute atomic E-state index is 0.000522. The van der Waals surface area contributed by atoms with Crippen LogP contribution in [0.3, 0.4) is 0 Å². The molecular formula is C18H20N2O6S. The van der Waals surface area contributed by atoms with Crippen LogP contribution in [0.1, 0.15) is 13.3 Å². The zero-order valence-electron chi connectivity index (χ0n) is 14.9. The Labute approximate surface area is 157 Å². The van der Waals surface area contributed by atoms with E-state index in [0.29, 0.717) is 36.1 Å². The molecule has 0 fully saturated rings. The summed E-state index contributed by atoms with van der Waals surface area (Å²) in [7, 11) is -2.47. The number of anilines is 2. The lowest BCUT2D eigenvalue weighted by molar-refractivity contribution is -0.114. The fourth-order valence-electron chi connectivity index (χ4n) is 2.57. The molecule has 2 aromatic carbocycles. The molecule has 9 heteroatoms. The molecule has 144 valence electrons. The van der Waals surface area contributed by atoms with Crippen molar-refractivity contribution in [1.29, 1.82) is 0 Å². The molecule has 0 radical (unpaired) electrons. The smallest absolute Gasteiger partial charge is 0.262 e. The van der Waals surface area contributed by atoms with Gasteiger partial charge in [-0.15, -0.1) is 0 Å². The van der Waals surface area contributed by atoms with Crippen molar-refractivity contribution in [3.63, 3.8) is 0 Å². The average Bonchev–Trinajstić information content (AvgIpc) is 2.86. The third kappa shape index (κ3) is 4.43. The van der Waals surface area contributed by atoms with Crippen molar-refractivity contribution < 1.29 is 27.4 Å². The summed E-state index contributed by atoms with van der Waals surface area (Å²) in [6, 6.07) is 9.06. The van der Waals surface area contributed by atoms with Crippen molar-refractivity contribution in [3.8, 4) is 17.2 Å². The summed E-state index contributed by atoms with van der Waals surface area (Å²) >= 11 is 0. The standard InChI is InChI=1S/C18H20N2O6S/c1-12(21)19-15-6-5-14(11-17(15)24-2)27(22,23)20-13-4-7-16-18(10-13)26-9-3-8-25-16/h4-7,10-11,20H,3,8-9H2,1-2H3,(H,19,21). The van der Waals surface area contributed by atoms with E-state index in [2.05, 4.69) is 10.0 Å². The number of carbonyl (C=O) groups excluding carboxylic acids is 1. The topological polar surface area (TPSA) is 103 Å². The number of benzene rings is 2. The van der Waals surface area contributed by atoms with E-state index in [-0.39, 0.29) is 16.6 Å². The maximum absolute atomic E-state index is 12.7. The highest BCUT2D eigenvalue weighted by Gasteiger charge is 2.19. The summed E-state index contributed by atoms with van der Waals surface area (Å²) in [5.74, 6) is 1.03. The molecule has 27 heavy (non-hydrogen) atoms. The molecule has 8 nitrogen and oxygen atoms in total. The first kappa shape index (κ1) is 18.8. The first-order chi connectivity index (χ1) is 12.9. The minimum Gasteiger partial charge on any atom is -0.495 e. The SMILES string of the molecule is COc1cc(S(=O)(=O)Nc2ccc3c(c2)OCCCO3)ccc1NC(C)=O. The number of nitrogens with one attached hydrogen (secondary N) is 2. The van der Waals surface area contributed by atoms with Gasteiger partial charge < -0.3 is 19.5 Å². The second kappa shape index (κ2) is 7.75. The Morgan fingerprint density at radius 2 is 1.81 bits per heavy atom. The van der Waals surface area contributed by atoms with Crippen molar-refractivity contribution in [1.82, 2.24) is 0 Å². The van der Waals surface area contributed by atoms with E-state index in [4.69, 9.17) is 14.2 Å². The van der Waals surface area contributed by atoms with Gasteiger partial charge in [0.25, 0.3) is 10.0 Å². The normalized spacial score (nSPS) is 13.4. The molecule has 1 aliphatic rings. The summed E-state index contributed by atoms with van der Waals surface area (Å²) in [6.07, 6.45) is 0.760. The molecule has 1 heterocycles. The van der Waals surface area contributed by atoms with Crippen molar-refractivity contribution in [2.75, 3.05) is 30.4 Å². The molecule has 0 aliphatic carbocycles. The Morgan fingerprint density at radius 1 is 1.07 bits per heavy atom. The third-order valence-electron chi connectivity index (χ3n) is 3.79. The second-order valence-corrected chi connectivity index (χ2v) is 7.54. The monoisotopic (exact) mass is 392 g/mol. The maximum Gasteiger partial charge on any atom is 0.262 e. The molecule has 1 aliphatic heterocycles. The zero-order chi connectivity index (χ0) is 19.4. The third-order valence-corrected chi connectivity index (χ3v) is 5.17. The predicted molar refractivity (Wildman–Crippen MR) is 100 cm³/mol. The minimum atomic E-state index is -3.87. The number of sulfonamides is 1. The number of rotatable bonds is 5. The van der Waals surface area contributed by atoms with Crippen LogP contribution >= 0.6 is 0 Å². The van der Waals surface area contributed by atoms with Gasteiger partial charge in [-0.2, -0.15) is 0 Å². The van der Waals surface area contributed by atoms with E-state index in [0.717, 1.165) is 6.42 Å². The van der Waals surface area contributed by atoms with Crippen molar-refractivity contribution in [2.45, 2.75) is 18.2 Å². The highest BCUT2D eigenvalue weighted by molar-refractivity contribution is 7.92. The molecular weight excluding hydrogens is 372 g/mol. The van der Waals surface area contributed by atoms with Crippen LogP contribution in [0.15, 0.2) is 41.3 Å². The lowest BCUT2D eigenvalue weighted by Gasteiger charge is -2.14. The number of fused-ring (bicyclic) bond motifs is 1. The molecule has 0 bridgehead atoms. The van der Waals surface area contributed by atoms with Gasteiger partial charge in [0.05, 0.1) is 36.6 Å². The van der Waals surface area contributed by atoms with E-state index in [1.165, 1.54) is 32.2 Å². The van der Waals surface area contributed by atoms with Crippen LogP contribution < -0.4 is 24.2 Å². The predicted octanol–water partition coefficient (Wildman–Crippen LogP) is 2.62. The molecule has 0 unspecified atom stereocenters. The summed E-state index contributed by atoms with van der Waals surface area (Å²) in [6.45, 7) is 2.42. The van der Waals surface area contributed by atoms with Gasteiger partial charge in [0.1, 0.15) is 5.75 Å². The average molecular weight is 392 g/mol. The Bertz CT molecular complexity index is 958. The molecule has 0 saturated carbocycles. The van der Waals surface area contributed by atoms with Gasteiger partial charge in [0.2, 0.25) is 5.91 Å². The highest BCUT2D eigenvalue weighted by atomic mass is 32.2. The lowest BCUT2D eigenvalue weighted by Crippen LogP contribution is -2.14. The molecule has 3 rings (SSSR count). The number of methoxy groups -OCH3 is 1. The molecule has 0 aromatic heterocycles. The Hall–Kier alpha value is -2.94. The van der Waals surface area contributed by atoms with Crippen LogP contribution in [0.25, 0.3) is 0 Å². The zero-order valence-corrected chi connectivity index (χ0v) is 15.8. The lowest BCUT2D eigenvalue weighted by atomic mass is 10.3. The summed E-state index contributed by atoms with van der Waals surface area (Å²) in [5.41, 5.74) is 0.740. The molecule has 2 aromatic rings. The highest BCUT2D eigenvalue weighted by Crippen LogP contribution is 2.34. The molecule has 2 N–H and O–H groups in total. The summed E-state index contributed by atoms with van der Waals surface area (Å²) in [5, 5.41) is 2.58. The second-order valence-electron chi connectivity index (χ2n) is 5.86. The number of ether oxygens (including phenoxy) is 3. The van der Waals surface area contributed by atoms with Crippen LogP contribution in [-0.4, -0.2) is 34.6 Å². The van der Waals surface area contributed by atoms with Gasteiger partial charge in [-0.05, 0) is 24.3 Å². The van der Waals surface area contributed by atoms with E-state index < -0.39 is 10.0 Å². The van der Waals surface area contributed by atoms with Gasteiger partial charge in [-0.3, -0.25) is 9.52 Å². The van der Waals surface area contributed by atoms with E-state index >= 15 is 0 Å². The fraction of sp³-hybridized carbons (Fsp3) is 0.278. The molecule has 0 saturated heterocycles. The number of carbonyl (C=O) groups is 1. The largest absolute Gasteiger partial charge is 0.495 e. The number of hydrogen-bond donors (Lipinski definition) is 2. The van der Waals surface area contributed by atoms with Gasteiger partial charge in [-0.1, -0.05) is 0 Å². The Balaban J connectivity index is 1.86. The molecule has 0 atom stereocenters. The fourth-order valence-corrected chi connectivity index (χ4v) is 3.64. The van der Waals surface area contributed by atoms with Crippen molar-refractivity contribution in [3.05, 3.63) is 36.4 Å². The van der Waals surface area contributed by atoms with Crippen molar-refractivity contribution in [2.24, 2.45) is 0 Å². The van der Waals surface area contributed by atoms with E-state index in [1.807, 2.05) is 0 Å². The van der Waals surface area contributed by atoms with Crippen LogP contribution in [0.2, 0.25) is 0 Å². The van der Waals surface area contributed by atoms with Crippen LogP contribution in [0.4, 0.5) is 11.4 Å². The molecule has 1 amide bonds. The summed E-state index contributed by atoms with van der Waals surface area (Å²) in [4.78, 5) is 11.2. The van der Waals surface area contributed by atoms with Crippen LogP contribution in [0.5, 0.6) is 17.2 Å². The van der Waals surface area contributed by atoms with Crippen LogP contribution in [-0.2, 0) is 14.8 Å². The van der Waals surface area contributed by atoms with E-state index in [9.17, 15) is 13.2 Å². The van der Waals surface area contributed by atoms with Gasteiger partial charge in [-0.25, -0.2) is 8.42 Å². The first-order valence-electron chi connectivity index (χ1n) is 8.27. The van der Waals surface area contributed by atoms with Gasteiger partial charge >= 0.3 is 0 Å². The maximum atomic E-state index is 12.7. The first-order valence-corrected chi connectivity index (χ1v) is 9.75. The van der Waals surface area contributed by atoms with E-state index in [1.54, 1.807) is 18.2 Å². The number of hydrogen-bond acceptors (Lipinski definition) is 6. The van der Waals surface area contributed by atoms with Crippen molar-refractivity contribution >= 4 is 27.3 Å². The van der Waals surface area contributed by atoms with Gasteiger partial charge in [0, 0.05) is 25.5 Å². The Kier molecular flexibility index (Phi) is 5.41.